The zero-order chi connectivity index (χ0) is 17.4. The van der Waals surface area contributed by atoms with Crippen LogP contribution in [0.3, 0.4) is 0 Å². The van der Waals surface area contributed by atoms with Gasteiger partial charge in [0.15, 0.2) is 6.23 Å². The minimum absolute atomic E-state index is 0.0855. The van der Waals surface area contributed by atoms with Crippen molar-refractivity contribution in [2.75, 3.05) is 11.5 Å². The van der Waals surface area contributed by atoms with E-state index >= 15 is 0 Å². The van der Waals surface area contributed by atoms with Gasteiger partial charge in [0.05, 0.1) is 6.61 Å². The molecule has 130 valence electrons. The van der Waals surface area contributed by atoms with Gasteiger partial charge in [-0.3, -0.25) is 14.2 Å². The zero-order valence-electron chi connectivity index (χ0n) is 12.6. The molecule has 10 nitrogen and oxygen atoms in total. The molecule has 0 saturated carbocycles. The van der Waals surface area contributed by atoms with Crippen molar-refractivity contribution >= 4 is 17.6 Å². The summed E-state index contributed by atoms with van der Waals surface area (Å²) >= 11 is 0. The first-order valence-electron chi connectivity index (χ1n) is 7.51. The Hall–Kier alpha value is -2.14. The number of imide groups is 1. The second-order valence-corrected chi connectivity index (χ2v) is 5.68. The van der Waals surface area contributed by atoms with Crippen LogP contribution in [-0.2, 0) is 14.3 Å². The third kappa shape index (κ3) is 2.73. The normalized spacial score (nSPS) is 30.9. The highest BCUT2D eigenvalue weighted by molar-refractivity contribution is 6.15. The molecule has 0 aliphatic carbocycles. The Bertz CT molecular complexity index is 703. The maximum atomic E-state index is 12.2. The number of amides is 2. The number of rotatable bonds is 3. The molecule has 4 atom stereocenters. The molecule has 2 aliphatic heterocycles. The topological polar surface area (TPSA) is 142 Å². The average molecular weight is 339 g/mol. The molecule has 2 fully saturated rings. The minimum Gasteiger partial charge on any atom is -0.394 e. The summed E-state index contributed by atoms with van der Waals surface area (Å²) < 4.78 is 6.19. The summed E-state index contributed by atoms with van der Waals surface area (Å²) in [5.74, 6) is -0.940. The van der Waals surface area contributed by atoms with Gasteiger partial charge < -0.3 is 20.1 Å². The van der Waals surface area contributed by atoms with Gasteiger partial charge in [0.25, 0.3) is 0 Å². The highest BCUT2D eigenvalue weighted by Crippen LogP contribution is 2.28. The summed E-state index contributed by atoms with van der Waals surface area (Å²) in [5.41, 5.74) is -0.853. The molecule has 3 heterocycles. The van der Waals surface area contributed by atoms with Gasteiger partial charge in [0.1, 0.15) is 24.1 Å². The number of aliphatic hydroxyl groups is 3. The Balaban J connectivity index is 1.90. The van der Waals surface area contributed by atoms with E-state index in [0.29, 0.717) is 6.42 Å². The molecule has 0 spiro atoms. The average Bonchev–Trinajstić information content (AvgIpc) is 2.83. The fourth-order valence-corrected chi connectivity index (χ4v) is 2.84. The van der Waals surface area contributed by atoms with Crippen LogP contribution in [0.1, 0.15) is 25.5 Å². The number of carbonyl (C=O) groups is 2. The molecule has 1 aromatic heterocycles. The number of hydrogen-bond donors (Lipinski definition) is 3. The molecule has 3 N–H and O–H groups in total. The van der Waals surface area contributed by atoms with Crippen LogP contribution in [0.4, 0.5) is 5.82 Å². The molecule has 0 radical (unpaired) electrons. The van der Waals surface area contributed by atoms with E-state index in [1.165, 1.54) is 12.3 Å². The predicted octanol–water partition coefficient (Wildman–Crippen LogP) is -2.10. The molecule has 0 unspecified atom stereocenters. The second-order valence-electron chi connectivity index (χ2n) is 5.68. The van der Waals surface area contributed by atoms with Crippen molar-refractivity contribution in [2.24, 2.45) is 0 Å². The van der Waals surface area contributed by atoms with Gasteiger partial charge >= 0.3 is 5.69 Å². The number of piperidine rings is 1. The molecule has 2 aliphatic rings. The van der Waals surface area contributed by atoms with Crippen LogP contribution in [-0.4, -0.2) is 61.6 Å². The number of hydrogen-bond acceptors (Lipinski definition) is 8. The SMILES string of the molecule is O=C1CCCC(=O)N1c1ccn([C@@H]2O[C@H](CO)[C@@H](O)[C@@H]2O)c(=O)n1. The molecular weight excluding hydrogens is 322 g/mol. The highest BCUT2D eigenvalue weighted by Gasteiger charge is 2.44. The lowest BCUT2D eigenvalue weighted by molar-refractivity contribution is -0.129. The smallest absolute Gasteiger partial charge is 0.351 e. The van der Waals surface area contributed by atoms with Gasteiger partial charge in [0, 0.05) is 19.0 Å². The quantitative estimate of drug-likeness (QED) is 0.532. The van der Waals surface area contributed by atoms with E-state index in [9.17, 15) is 24.6 Å². The molecule has 2 amide bonds. The van der Waals surface area contributed by atoms with E-state index in [2.05, 4.69) is 4.98 Å². The molecule has 0 aromatic carbocycles. The van der Waals surface area contributed by atoms with E-state index in [1.54, 1.807) is 0 Å². The van der Waals surface area contributed by atoms with Gasteiger partial charge in [-0.2, -0.15) is 4.98 Å². The molecule has 2 saturated heterocycles. The van der Waals surface area contributed by atoms with E-state index in [0.717, 1.165) is 9.47 Å². The number of anilines is 1. The summed E-state index contributed by atoms with van der Waals surface area (Å²) in [5, 5.41) is 28.8. The molecule has 24 heavy (non-hydrogen) atoms. The molecule has 0 bridgehead atoms. The van der Waals surface area contributed by atoms with Crippen molar-refractivity contribution in [2.45, 2.75) is 43.8 Å². The lowest BCUT2D eigenvalue weighted by atomic mass is 10.1. The summed E-state index contributed by atoms with van der Waals surface area (Å²) in [7, 11) is 0. The molecule has 3 rings (SSSR count). The first-order valence-corrected chi connectivity index (χ1v) is 7.51. The van der Waals surface area contributed by atoms with Gasteiger partial charge in [-0.15, -0.1) is 0 Å². The number of carbonyl (C=O) groups excluding carboxylic acids is 2. The Kier molecular flexibility index (Phi) is 4.45. The van der Waals surface area contributed by atoms with Crippen LogP contribution >= 0.6 is 0 Å². The Morgan fingerprint density at radius 3 is 2.38 bits per heavy atom. The highest BCUT2D eigenvalue weighted by atomic mass is 16.6. The van der Waals surface area contributed by atoms with E-state index in [1.807, 2.05) is 0 Å². The number of aromatic nitrogens is 2. The second kappa shape index (κ2) is 6.40. The lowest BCUT2D eigenvalue weighted by Gasteiger charge is -2.24. The molecular formula is C14H17N3O7. The lowest BCUT2D eigenvalue weighted by Crippen LogP contribution is -2.42. The van der Waals surface area contributed by atoms with Gasteiger partial charge in [-0.05, 0) is 12.5 Å². The fourth-order valence-electron chi connectivity index (χ4n) is 2.84. The Morgan fingerprint density at radius 2 is 1.83 bits per heavy atom. The predicted molar refractivity (Wildman–Crippen MR) is 77.9 cm³/mol. The van der Waals surface area contributed by atoms with Crippen molar-refractivity contribution in [3.8, 4) is 0 Å². The summed E-state index contributed by atoms with van der Waals surface area (Å²) in [6.07, 6.45) is -2.94. The summed E-state index contributed by atoms with van der Waals surface area (Å²) in [6.45, 7) is -0.522. The Labute approximate surface area is 135 Å². The molecule has 1 aromatic rings. The van der Waals surface area contributed by atoms with Crippen molar-refractivity contribution in [3.63, 3.8) is 0 Å². The van der Waals surface area contributed by atoms with Crippen LogP contribution in [0.25, 0.3) is 0 Å². The first kappa shape index (κ1) is 16.7. The summed E-state index contributed by atoms with van der Waals surface area (Å²) in [6, 6.07) is 1.29. The monoisotopic (exact) mass is 339 g/mol. The van der Waals surface area contributed by atoms with Gasteiger partial charge in [-0.1, -0.05) is 0 Å². The van der Waals surface area contributed by atoms with Crippen molar-refractivity contribution in [1.82, 2.24) is 9.55 Å². The van der Waals surface area contributed by atoms with Crippen LogP contribution in [0.5, 0.6) is 0 Å². The third-order valence-corrected chi connectivity index (χ3v) is 4.12. The van der Waals surface area contributed by atoms with E-state index in [4.69, 9.17) is 9.84 Å². The van der Waals surface area contributed by atoms with Crippen molar-refractivity contribution in [3.05, 3.63) is 22.7 Å². The maximum absolute atomic E-state index is 12.2. The van der Waals surface area contributed by atoms with Gasteiger partial charge in [-0.25, -0.2) is 9.69 Å². The first-order chi connectivity index (χ1) is 11.4. The van der Waals surface area contributed by atoms with Crippen LogP contribution in [0.2, 0.25) is 0 Å². The largest absolute Gasteiger partial charge is 0.394 e. The van der Waals surface area contributed by atoms with Gasteiger partial charge in [0.2, 0.25) is 11.8 Å². The minimum atomic E-state index is -1.43. The van der Waals surface area contributed by atoms with E-state index in [-0.39, 0.29) is 18.7 Å². The van der Waals surface area contributed by atoms with Crippen molar-refractivity contribution < 1.29 is 29.6 Å². The fraction of sp³-hybridized carbons (Fsp3) is 0.571. The molecule has 10 heteroatoms. The Morgan fingerprint density at radius 1 is 1.17 bits per heavy atom. The zero-order valence-corrected chi connectivity index (χ0v) is 12.6. The number of ether oxygens (including phenoxy) is 1. The van der Waals surface area contributed by atoms with Crippen LogP contribution in [0, 0.1) is 0 Å². The van der Waals surface area contributed by atoms with Crippen LogP contribution < -0.4 is 10.6 Å². The number of nitrogens with zero attached hydrogens (tertiary/aromatic N) is 3. The van der Waals surface area contributed by atoms with Crippen molar-refractivity contribution in [1.29, 1.82) is 0 Å². The van der Waals surface area contributed by atoms with E-state index < -0.39 is 48.7 Å². The maximum Gasteiger partial charge on any atom is 0.351 e. The standard InChI is InChI=1S/C14H17N3O7/c18-6-7-11(21)12(22)13(24-7)16-5-4-8(15-14(16)23)17-9(19)2-1-3-10(17)20/h4-5,7,11-13,18,21-22H,1-3,6H2/t7-,11-,12+,13-/m1/s1. The third-order valence-electron chi connectivity index (χ3n) is 4.12. The summed E-state index contributed by atoms with van der Waals surface area (Å²) in [4.78, 5) is 40.5. The van der Waals surface area contributed by atoms with Crippen LogP contribution in [0.15, 0.2) is 17.1 Å². The number of aliphatic hydroxyl groups excluding tert-OH is 3.